The molecule has 0 saturated carbocycles. The number of carbonyl (C=O) groups is 5. The highest BCUT2D eigenvalue weighted by Crippen LogP contribution is 2.33. The van der Waals surface area contributed by atoms with Crippen molar-refractivity contribution in [2.45, 2.75) is 38.3 Å². The Morgan fingerprint density at radius 3 is 1.93 bits per heavy atom. The van der Waals surface area contributed by atoms with Gasteiger partial charge in [-0.05, 0) is 79.8 Å². The van der Waals surface area contributed by atoms with Crippen molar-refractivity contribution in [3.63, 3.8) is 0 Å². The van der Waals surface area contributed by atoms with Crippen molar-refractivity contribution in [2.75, 3.05) is 38.2 Å². The molecule has 5 rings (SSSR count). The average Bonchev–Trinajstić information content (AvgIpc) is 3.71. The van der Waals surface area contributed by atoms with Crippen LogP contribution in [0.3, 0.4) is 0 Å². The molecule has 0 aliphatic carbocycles. The fourth-order valence-electron chi connectivity index (χ4n) is 5.97. The van der Waals surface area contributed by atoms with Crippen molar-refractivity contribution in [1.29, 1.82) is 0 Å². The van der Waals surface area contributed by atoms with Gasteiger partial charge in [0.2, 0.25) is 5.41 Å². The Morgan fingerprint density at radius 1 is 0.704 bits per heavy atom. The number of anilines is 1. The first-order valence-electron chi connectivity index (χ1n) is 17.1. The zero-order valence-corrected chi connectivity index (χ0v) is 29.4. The molecule has 1 fully saturated rings. The number of nitrogens with one attached hydrogen (secondary N) is 1. The van der Waals surface area contributed by atoms with E-state index in [1.54, 1.807) is 55.1 Å². The first kappa shape index (κ1) is 39.0. The first-order valence-corrected chi connectivity index (χ1v) is 17.1. The molecule has 4 aromatic rings. The van der Waals surface area contributed by atoms with Crippen LogP contribution in [-0.4, -0.2) is 67.7 Å². The minimum Gasteiger partial charge on any atom is -0.465 e. The fourth-order valence-corrected chi connectivity index (χ4v) is 5.97. The Morgan fingerprint density at radius 2 is 1.31 bits per heavy atom. The highest BCUT2D eigenvalue weighted by Gasteiger charge is 2.52. The number of amides is 2. The second kappa shape index (κ2) is 17.1. The summed E-state index contributed by atoms with van der Waals surface area (Å²) in [5.41, 5.74) is -1.93. The molecule has 0 aromatic heterocycles. The van der Waals surface area contributed by atoms with Gasteiger partial charge in [-0.2, -0.15) is 13.2 Å². The monoisotopic (exact) mass is 746 g/mol. The molecular weight excluding hydrogens is 709 g/mol. The molecule has 0 unspecified atom stereocenters. The van der Waals surface area contributed by atoms with E-state index in [0.29, 0.717) is 24.2 Å². The number of benzene rings is 4. The van der Waals surface area contributed by atoms with E-state index in [1.807, 2.05) is 0 Å². The number of nitrogens with zero attached hydrogens (tertiary/aromatic N) is 1. The molecule has 4 aromatic carbocycles. The Balaban J connectivity index is 1.41. The van der Waals surface area contributed by atoms with Crippen molar-refractivity contribution in [3.05, 3.63) is 119 Å². The van der Waals surface area contributed by atoms with E-state index in [9.17, 15) is 37.1 Å². The van der Waals surface area contributed by atoms with Crippen molar-refractivity contribution in [3.8, 4) is 16.9 Å². The van der Waals surface area contributed by atoms with Crippen LogP contribution in [0.25, 0.3) is 11.1 Å². The van der Waals surface area contributed by atoms with Gasteiger partial charge in [0.15, 0.2) is 0 Å². The summed E-state index contributed by atoms with van der Waals surface area (Å²) in [7, 11) is 0. The van der Waals surface area contributed by atoms with Gasteiger partial charge in [0.05, 0.1) is 30.0 Å². The van der Waals surface area contributed by atoms with Gasteiger partial charge < -0.3 is 29.2 Å². The molecule has 1 aliphatic heterocycles. The maximum Gasteiger partial charge on any atom is 0.513 e. The molecule has 1 N–H and O–H groups in total. The Bertz CT molecular complexity index is 1980. The third-order valence-corrected chi connectivity index (χ3v) is 8.68. The number of likely N-dealkylation sites (tertiary alicyclic amines) is 1. The third kappa shape index (κ3) is 8.71. The van der Waals surface area contributed by atoms with Crippen molar-refractivity contribution in [2.24, 2.45) is 0 Å². The van der Waals surface area contributed by atoms with Crippen LogP contribution in [0.5, 0.6) is 5.75 Å². The predicted octanol–water partition coefficient (Wildman–Crippen LogP) is 7.44. The molecule has 282 valence electrons. The first-order chi connectivity index (χ1) is 25.9. The van der Waals surface area contributed by atoms with Crippen LogP contribution < -0.4 is 10.1 Å². The second-order valence-corrected chi connectivity index (χ2v) is 12.1. The van der Waals surface area contributed by atoms with E-state index in [0.717, 1.165) is 25.0 Å². The molecule has 0 atom stereocenters. The number of halogens is 3. The van der Waals surface area contributed by atoms with Gasteiger partial charge in [-0.3, -0.25) is 19.2 Å². The molecule has 1 aliphatic rings. The lowest BCUT2D eigenvalue weighted by molar-refractivity contribution is -0.167. The molecule has 11 nitrogen and oxygen atoms in total. The van der Waals surface area contributed by atoms with Gasteiger partial charge in [0.25, 0.3) is 11.8 Å². The summed E-state index contributed by atoms with van der Waals surface area (Å²) < 4.78 is 60.7. The molecule has 2 amide bonds. The summed E-state index contributed by atoms with van der Waals surface area (Å²) in [5.74, 6) is -3.25. The lowest BCUT2D eigenvalue weighted by atomic mass is 9.81. The van der Waals surface area contributed by atoms with E-state index < -0.39 is 53.7 Å². The van der Waals surface area contributed by atoms with E-state index in [-0.39, 0.29) is 41.3 Å². The molecule has 1 saturated heterocycles. The van der Waals surface area contributed by atoms with Crippen molar-refractivity contribution in [1.82, 2.24) is 4.90 Å². The summed E-state index contributed by atoms with van der Waals surface area (Å²) >= 11 is 0. The van der Waals surface area contributed by atoms with Gasteiger partial charge in [-0.1, -0.05) is 60.7 Å². The average molecular weight is 747 g/mol. The minimum absolute atomic E-state index is 0.0146. The van der Waals surface area contributed by atoms with Crippen LogP contribution in [0.2, 0.25) is 0 Å². The number of esters is 2. The predicted molar refractivity (Wildman–Crippen MR) is 190 cm³/mol. The lowest BCUT2D eigenvalue weighted by Gasteiger charge is -2.28. The standard InChI is InChI=1S/C40H37F3N2O9/c1-3-51-36(48)39(37(49)52-4-2,27-12-6-5-7-13-27)25-53-38(50)54-29-20-21-33(32(24-29)35(47)45-22-10-11-23-45)44-34(46)31-15-9-8-14-30(31)26-16-18-28(19-17-26)40(41,42)43/h5-9,12-21,24H,3-4,10-11,22-23,25H2,1-2H3,(H,44,46). The largest absolute Gasteiger partial charge is 0.513 e. The van der Waals surface area contributed by atoms with Crippen LogP contribution in [0, 0.1) is 0 Å². The number of rotatable bonds is 12. The summed E-state index contributed by atoms with van der Waals surface area (Å²) in [5, 5.41) is 2.73. The Kier molecular flexibility index (Phi) is 12.4. The number of alkyl halides is 3. The second-order valence-electron chi connectivity index (χ2n) is 12.1. The van der Waals surface area contributed by atoms with Crippen LogP contribution in [0.4, 0.5) is 23.7 Å². The molecule has 0 radical (unpaired) electrons. The maximum atomic E-state index is 13.7. The molecule has 54 heavy (non-hydrogen) atoms. The molecule has 1 heterocycles. The van der Waals surface area contributed by atoms with Crippen LogP contribution in [0.15, 0.2) is 97.1 Å². The highest BCUT2D eigenvalue weighted by atomic mass is 19.4. The molecule has 0 spiro atoms. The lowest BCUT2D eigenvalue weighted by Crippen LogP contribution is -2.50. The van der Waals surface area contributed by atoms with Crippen LogP contribution in [0.1, 0.15) is 58.5 Å². The molecule has 0 bridgehead atoms. The van der Waals surface area contributed by atoms with Gasteiger partial charge in [-0.25, -0.2) is 4.79 Å². The minimum atomic E-state index is -4.53. The summed E-state index contributed by atoms with van der Waals surface area (Å²) in [6.07, 6.45) is -4.31. The number of hydrogen-bond donors (Lipinski definition) is 1. The van der Waals surface area contributed by atoms with Gasteiger partial charge in [0, 0.05) is 18.7 Å². The SMILES string of the molecule is CCOC(=O)C(COC(=O)Oc1ccc(NC(=O)c2ccccc2-c2ccc(C(F)(F)F)cc2)c(C(=O)N2CCCC2)c1)(C(=O)OCC)c1ccccc1. The Labute approximate surface area is 309 Å². The summed E-state index contributed by atoms with van der Waals surface area (Å²) in [4.78, 5) is 68.7. The van der Waals surface area contributed by atoms with E-state index in [4.69, 9.17) is 18.9 Å². The number of ether oxygens (including phenoxy) is 4. The quantitative estimate of drug-likeness (QED) is 0.0679. The summed E-state index contributed by atoms with van der Waals surface area (Å²) in [6, 6.07) is 22.5. The van der Waals surface area contributed by atoms with E-state index in [1.165, 1.54) is 48.5 Å². The topological polar surface area (TPSA) is 138 Å². The van der Waals surface area contributed by atoms with Crippen molar-refractivity contribution >= 4 is 35.6 Å². The van der Waals surface area contributed by atoms with E-state index in [2.05, 4.69) is 5.32 Å². The molecular formula is C40H37F3N2O9. The normalized spacial score (nSPS) is 12.8. The van der Waals surface area contributed by atoms with E-state index >= 15 is 0 Å². The zero-order valence-electron chi connectivity index (χ0n) is 29.4. The third-order valence-electron chi connectivity index (χ3n) is 8.68. The smallest absolute Gasteiger partial charge is 0.465 e. The zero-order chi connectivity index (χ0) is 38.9. The number of carbonyl (C=O) groups excluding carboxylic acids is 5. The van der Waals surface area contributed by atoms with Gasteiger partial charge in [0.1, 0.15) is 12.4 Å². The Hall–Kier alpha value is -6.18. The van der Waals surface area contributed by atoms with Crippen LogP contribution >= 0.6 is 0 Å². The van der Waals surface area contributed by atoms with Gasteiger partial charge in [-0.15, -0.1) is 0 Å². The maximum absolute atomic E-state index is 13.7. The molecule has 14 heteroatoms. The van der Waals surface area contributed by atoms with Crippen LogP contribution in [-0.2, 0) is 35.4 Å². The van der Waals surface area contributed by atoms with Crippen molar-refractivity contribution < 1.29 is 56.1 Å². The highest BCUT2D eigenvalue weighted by molar-refractivity contribution is 6.12. The number of hydrogen-bond acceptors (Lipinski definition) is 9. The fraction of sp³-hybridized carbons (Fsp3) is 0.275. The summed E-state index contributed by atoms with van der Waals surface area (Å²) in [6.45, 7) is 3.04. The van der Waals surface area contributed by atoms with Gasteiger partial charge >= 0.3 is 24.3 Å².